The van der Waals surface area contributed by atoms with Gasteiger partial charge in [0.05, 0.1) is 0 Å². The number of nitrogens with two attached hydrogens (primary N) is 1. The summed E-state index contributed by atoms with van der Waals surface area (Å²) in [5.41, 5.74) is 6.95. The average Bonchev–Trinajstić information content (AvgIpc) is 2.49. The van der Waals surface area contributed by atoms with Gasteiger partial charge in [0.15, 0.2) is 0 Å². The third-order valence-electron chi connectivity index (χ3n) is 2.90. The van der Waals surface area contributed by atoms with Gasteiger partial charge in [0.2, 0.25) is 11.8 Å². The van der Waals surface area contributed by atoms with E-state index in [0.29, 0.717) is 13.1 Å². The standard InChI is InChI=1S/C15H23N3O2/c1-2-10-17-14(19)8-9-15(20)18-11-13(16)12-6-4-3-5-7-12/h3-7,13H,2,8-11,16H2,1H3,(H,17,19)(H,18,20). The molecule has 0 aliphatic carbocycles. The molecule has 0 spiro atoms. The Kier molecular flexibility index (Phi) is 7.35. The van der Waals surface area contributed by atoms with Crippen LogP contribution in [0.3, 0.4) is 0 Å². The lowest BCUT2D eigenvalue weighted by atomic mass is 10.1. The van der Waals surface area contributed by atoms with Crippen molar-refractivity contribution in [3.8, 4) is 0 Å². The van der Waals surface area contributed by atoms with Crippen LogP contribution in [0.2, 0.25) is 0 Å². The molecule has 1 aromatic rings. The minimum absolute atomic E-state index is 0.0886. The molecule has 0 aromatic heterocycles. The van der Waals surface area contributed by atoms with Crippen molar-refractivity contribution >= 4 is 11.8 Å². The molecule has 0 aliphatic rings. The Bertz CT molecular complexity index is 420. The highest BCUT2D eigenvalue weighted by Crippen LogP contribution is 2.07. The summed E-state index contributed by atoms with van der Waals surface area (Å²) in [7, 11) is 0. The largest absolute Gasteiger partial charge is 0.356 e. The lowest BCUT2D eigenvalue weighted by molar-refractivity contribution is -0.126. The molecule has 4 N–H and O–H groups in total. The van der Waals surface area contributed by atoms with E-state index in [1.165, 1.54) is 0 Å². The maximum absolute atomic E-state index is 11.6. The normalized spacial score (nSPS) is 11.7. The highest BCUT2D eigenvalue weighted by Gasteiger charge is 2.09. The van der Waals surface area contributed by atoms with E-state index in [4.69, 9.17) is 5.73 Å². The van der Waals surface area contributed by atoms with Gasteiger partial charge in [-0.2, -0.15) is 0 Å². The van der Waals surface area contributed by atoms with Crippen LogP contribution in [-0.4, -0.2) is 24.9 Å². The van der Waals surface area contributed by atoms with E-state index in [2.05, 4.69) is 10.6 Å². The Morgan fingerprint density at radius 2 is 1.70 bits per heavy atom. The fourth-order valence-electron chi connectivity index (χ4n) is 1.71. The van der Waals surface area contributed by atoms with E-state index in [9.17, 15) is 9.59 Å². The van der Waals surface area contributed by atoms with E-state index >= 15 is 0 Å². The molecule has 0 saturated carbocycles. The summed E-state index contributed by atoms with van der Waals surface area (Å²) in [5, 5.41) is 5.48. The van der Waals surface area contributed by atoms with Crippen LogP contribution in [0.5, 0.6) is 0 Å². The third-order valence-corrected chi connectivity index (χ3v) is 2.90. The number of hydrogen-bond donors (Lipinski definition) is 3. The van der Waals surface area contributed by atoms with Crippen molar-refractivity contribution in [1.82, 2.24) is 10.6 Å². The minimum atomic E-state index is -0.228. The van der Waals surface area contributed by atoms with E-state index in [0.717, 1.165) is 12.0 Å². The first-order valence-corrected chi connectivity index (χ1v) is 6.97. The molecule has 0 fully saturated rings. The quantitative estimate of drug-likeness (QED) is 0.665. The number of amides is 2. The summed E-state index contributed by atoms with van der Waals surface area (Å²) in [6.07, 6.45) is 1.30. The molecule has 5 heteroatoms. The van der Waals surface area contributed by atoms with E-state index < -0.39 is 0 Å². The van der Waals surface area contributed by atoms with Gasteiger partial charge in [-0.25, -0.2) is 0 Å². The van der Waals surface area contributed by atoms with Crippen molar-refractivity contribution in [2.45, 2.75) is 32.2 Å². The van der Waals surface area contributed by atoms with Crippen molar-refractivity contribution in [2.75, 3.05) is 13.1 Å². The summed E-state index contributed by atoms with van der Waals surface area (Å²) >= 11 is 0. The molecule has 20 heavy (non-hydrogen) atoms. The summed E-state index contributed by atoms with van der Waals surface area (Å²) in [6, 6.07) is 9.37. The second kappa shape index (κ2) is 9.09. The van der Waals surface area contributed by atoms with Gasteiger partial charge in [0.1, 0.15) is 0 Å². The maximum atomic E-state index is 11.6. The predicted molar refractivity (Wildman–Crippen MR) is 78.9 cm³/mol. The fourth-order valence-corrected chi connectivity index (χ4v) is 1.71. The van der Waals surface area contributed by atoms with Crippen LogP contribution in [0.1, 0.15) is 37.8 Å². The average molecular weight is 277 g/mol. The Hall–Kier alpha value is -1.88. The first kappa shape index (κ1) is 16.2. The highest BCUT2D eigenvalue weighted by atomic mass is 16.2. The molecular formula is C15H23N3O2. The lowest BCUT2D eigenvalue weighted by Crippen LogP contribution is -2.33. The minimum Gasteiger partial charge on any atom is -0.356 e. The zero-order chi connectivity index (χ0) is 14.8. The monoisotopic (exact) mass is 277 g/mol. The lowest BCUT2D eigenvalue weighted by Gasteiger charge is -2.13. The van der Waals surface area contributed by atoms with Crippen LogP contribution >= 0.6 is 0 Å². The maximum Gasteiger partial charge on any atom is 0.220 e. The van der Waals surface area contributed by atoms with Gasteiger partial charge in [-0.1, -0.05) is 37.3 Å². The van der Waals surface area contributed by atoms with Crippen molar-refractivity contribution in [3.05, 3.63) is 35.9 Å². The number of carbonyl (C=O) groups excluding carboxylic acids is 2. The fraction of sp³-hybridized carbons (Fsp3) is 0.467. The molecule has 0 heterocycles. The van der Waals surface area contributed by atoms with Crippen LogP contribution in [-0.2, 0) is 9.59 Å². The third kappa shape index (κ3) is 6.33. The Labute approximate surface area is 119 Å². The van der Waals surface area contributed by atoms with Crippen LogP contribution in [0.25, 0.3) is 0 Å². The van der Waals surface area contributed by atoms with Gasteiger partial charge >= 0.3 is 0 Å². The number of nitrogens with one attached hydrogen (secondary N) is 2. The number of rotatable bonds is 8. The van der Waals surface area contributed by atoms with Crippen LogP contribution in [0.15, 0.2) is 30.3 Å². The Balaban J connectivity index is 2.21. The molecule has 0 bridgehead atoms. The van der Waals surface area contributed by atoms with Crippen molar-refractivity contribution < 1.29 is 9.59 Å². The van der Waals surface area contributed by atoms with Gasteiger partial charge < -0.3 is 16.4 Å². The number of benzene rings is 1. The second-order valence-electron chi connectivity index (χ2n) is 4.67. The number of carbonyl (C=O) groups is 2. The van der Waals surface area contributed by atoms with Gasteiger partial charge in [-0.3, -0.25) is 9.59 Å². The van der Waals surface area contributed by atoms with Crippen molar-refractivity contribution in [2.24, 2.45) is 5.73 Å². The summed E-state index contributed by atoms with van der Waals surface area (Å²) in [6.45, 7) is 3.01. The molecule has 0 saturated heterocycles. The van der Waals surface area contributed by atoms with Crippen molar-refractivity contribution in [1.29, 1.82) is 0 Å². The number of hydrogen-bond acceptors (Lipinski definition) is 3. The van der Waals surface area contributed by atoms with E-state index in [1.807, 2.05) is 37.3 Å². The SMILES string of the molecule is CCCNC(=O)CCC(=O)NCC(N)c1ccccc1. The molecule has 0 aliphatic heterocycles. The second-order valence-corrected chi connectivity index (χ2v) is 4.67. The van der Waals surface area contributed by atoms with Gasteiger partial charge in [0, 0.05) is 32.0 Å². The van der Waals surface area contributed by atoms with Gasteiger partial charge in [-0.05, 0) is 12.0 Å². The highest BCUT2D eigenvalue weighted by molar-refractivity contribution is 5.83. The van der Waals surface area contributed by atoms with E-state index in [1.54, 1.807) is 0 Å². The molecule has 1 aromatic carbocycles. The van der Waals surface area contributed by atoms with Crippen LogP contribution in [0.4, 0.5) is 0 Å². The Morgan fingerprint density at radius 3 is 2.30 bits per heavy atom. The molecule has 1 rings (SSSR count). The summed E-state index contributed by atoms with van der Waals surface area (Å²) in [4.78, 5) is 23.0. The van der Waals surface area contributed by atoms with Crippen LogP contribution < -0.4 is 16.4 Å². The molecule has 5 nitrogen and oxygen atoms in total. The molecule has 1 atom stereocenters. The zero-order valence-electron chi connectivity index (χ0n) is 11.9. The molecular weight excluding hydrogens is 254 g/mol. The molecule has 2 amide bonds. The molecule has 1 unspecified atom stereocenters. The van der Waals surface area contributed by atoms with Gasteiger partial charge in [-0.15, -0.1) is 0 Å². The summed E-state index contributed by atoms with van der Waals surface area (Å²) in [5.74, 6) is -0.239. The van der Waals surface area contributed by atoms with E-state index in [-0.39, 0.29) is 30.7 Å². The van der Waals surface area contributed by atoms with Gasteiger partial charge in [0.25, 0.3) is 0 Å². The topological polar surface area (TPSA) is 84.2 Å². The first-order chi connectivity index (χ1) is 9.63. The molecule has 110 valence electrons. The summed E-state index contributed by atoms with van der Waals surface area (Å²) < 4.78 is 0. The Morgan fingerprint density at radius 1 is 1.10 bits per heavy atom. The predicted octanol–water partition coefficient (Wildman–Crippen LogP) is 1.11. The first-order valence-electron chi connectivity index (χ1n) is 6.97. The smallest absolute Gasteiger partial charge is 0.220 e. The molecule has 0 radical (unpaired) electrons. The van der Waals surface area contributed by atoms with Crippen LogP contribution in [0, 0.1) is 0 Å². The zero-order valence-corrected chi connectivity index (χ0v) is 11.9. The van der Waals surface area contributed by atoms with Crippen molar-refractivity contribution in [3.63, 3.8) is 0 Å².